The molecule has 0 radical (unpaired) electrons. The first-order valence-corrected chi connectivity index (χ1v) is 17.3. The van der Waals surface area contributed by atoms with Gasteiger partial charge in [-0.05, 0) is 44.6 Å². The Balaban J connectivity index is 3.86. The molecular weight excluding hydrogens is 496 g/mol. The van der Waals surface area contributed by atoms with E-state index in [1.165, 1.54) is 96.3 Å². The van der Waals surface area contributed by atoms with Crippen molar-refractivity contribution in [3.63, 3.8) is 0 Å². The van der Waals surface area contributed by atoms with E-state index in [4.69, 9.17) is 9.84 Å². The third-order valence-electron chi connectivity index (χ3n) is 7.64. The smallest absolute Gasteiger partial charge is 0.306 e. The van der Waals surface area contributed by atoms with Crippen LogP contribution in [0.3, 0.4) is 0 Å². The van der Waals surface area contributed by atoms with Gasteiger partial charge in [0.25, 0.3) is 0 Å². The molecule has 234 valence electrons. The van der Waals surface area contributed by atoms with Gasteiger partial charge in [-0.15, -0.1) is 0 Å². The van der Waals surface area contributed by atoms with E-state index in [0.29, 0.717) is 6.42 Å². The lowest BCUT2D eigenvalue weighted by Gasteiger charge is -2.14. The zero-order chi connectivity index (χ0) is 29.4. The van der Waals surface area contributed by atoms with Gasteiger partial charge in [0.1, 0.15) is 6.10 Å². The normalized spacial score (nSPS) is 12.4. The number of carboxylic acids is 1. The summed E-state index contributed by atoms with van der Waals surface area (Å²) in [4.78, 5) is 23.1. The third kappa shape index (κ3) is 31.0. The highest BCUT2D eigenvalue weighted by molar-refractivity contribution is 5.69. The Labute approximate surface area is 248 Å². The highest BCUT2D eigenvalue weighted by atomic mass is 16.5. The van der Waals surface area contributed by atoms with Gasteiger partial charge in [0.2, 0.25) is 0 Å². The number of unbranched alkanes of at least 4 members (excludes halogenated alkanes) is 20. The van der Waals surface area contributed by atoms with Crippen LogP contribution in [0.15, 0.2) is 24.3 Å². The lowest BCUT2D eigenvalue weighted by Crippen LogP contribution is -2.16. The first-order valence-electron chi connectivity index (χ1n) is 17.3. The minimum atomic E-state index is -0.727. The van der Waals surface area contributed by atoms with Crippen LogP contribution in [0, 0.1) is 0 Å². The second kappa shape index (κ2) is 31.9. The summed E-state index contributed by atoms with van der Waals surface area (Å²) in [5, 5.41) is 8.77. The van der Waals surface area contributed by atoms with Crippen molar-refractivity contribution in [1.29, 1.82) is 0 Å². The Morgan fingerprint density at radius 3 is 1.55 bits per heavy atom. The van der Waals surface area contributed by atoms with Crippen LogP contribution in [0.25, 0.3) is 0 Å². The summed E-state index contributed by atoms with van der Waals surface area (Å²) in [7, 11) is 0. The fraction of sp³-hybridized carbons (Fsp3) is 0.833. The van der Waals surface area contributed by atoms with Gasteiger partial charge in [-0.25, -0.2) is 0 Å². The highest BCUT2D eigenvalue weighted by Gasteiger charge is 2.11. The van der Waals surface area contributed by atoms with Gasteiger partial charge >= 0.3 is 11.9 Å². The van der Waals surface area contributed by atoms with Crippen molar-refractivity contribution in [2.24, 2.45) is 0 Å². The first-order chi connectivity index (χ1) is 19.6. The molecule has 0 heterocycles. The molecule has 40 heavy (non-hydrogen) atoms. The van der Waals surface area contributed by atoms with Crippen molar-refractivity contribution < 1.29 is 19.4 Å². The summed E-state index contributed by atoms with van der Waals surface area (Å²) in [6.07, 6.45) is 39.3. The number of carbonyl (C=O) groups is 2. The number of hydrogen-bond donors (Lipinski definition) is 1. The van der Waals surface area contributed by atoms with Gasteiger partial charge in [0, 0.05) is 12.8 Å². The van der Waals surface area contributed by atoms with Crippen LogP contribution in [-0.2, 0) is 14.3 Å². The maximum absolute atomic E-state index is 12.5. The number of esters is 1. The SMILES string of the molecule is CCC/C=C\C/C=C\C(CCCCCCC(=O)O)OC(=O)CCCCCCCCCCCCCCCCCCC. The van der Waals surface area contributed by atoms with E-state index in [2.05, 4.69) is 32.1 Å². The summed E-state index contributed by atoms with van der Waals surface area (Å²) in [5.41, 5.74) is 0. The number of allylic oxidation sites excluding steroid dienone is 3. The minimum absolute atomic E-state index is 0.0805. The molecule has 1 unspecified atom stereocenters. The second-order valence-corrected chi connectivity index (χ2v) is 11.7. The van der Waals surface area contributed by atoms with E-state index in [-0.39, 0.29) is 18.5 Å². The van der Waals surface area contributed by atoms with Crippen molar-refractivity contribution in [2.75, 3.05) is 0 Å². The monoisotopic (exact) mass is 562 g/mol. The first kappa shape index (κ1) is 38.4. The van der Waals surface area contributed by atoms with Crippen molar-refractivity contribution in [3.8, 4) is 0 Å². The maximum atomic E-state index is 12.5. The van der Waals surface area contributed by atoms with Gasteiger partial charge in [0.05, 0.1) is 0 Å². The Bertz CT molecular complexity index is 610. The van der Waals surface area contributed by atoms with Crippen LogP contribution in [-0.4, -0.2) is 23.1 Å². The molecule has 0 saturated heterocycles. The van der Waals surface area contributed by atoms with E-state index in [1.54, 1.807) is 0 Å². The molecule has 0 aliphatic rings. The van der Waals surface area contributed by atoms with Crippen LogP contribution in [0.1, 0.15) is 187 Å². The molecule has 4 nitrogen and oxygen atoms in total. The van der Waals surface area contributed by atoms with Crippen molar-refractivity contribution in [2.45, 2.75) is 193 Å². The van der Waals surface area contributed by atoms with Crippen molar-refractivity contribution in [3.05, 3.63) is 24.3 Å². The van der Waals surface area contributed by atoms with Crippen LogP contribution in [0.5, 0.6) is 0 Å². The number of aliphatic carboxylic acids is 1. The molecule has 0 bridgehead atoms. The van der Waals surface area contributed by atoms with Gasteiger partial charge in [-0.2, -0.15) is 0 Å². The fourth-order valence-electron chi connectivity index (χ4n) is 5.08. The van der Waals surface area contributed by atoms with E-state index < -0.39 is 5.97 Å². The molecule has 4 heteroatoms. The van der Waals surface area contributed by atoms with Gasteiger partial charge < -0.3 is 9.84 Å². The highest BCUT2D eigenvalue weighted by Crippen LogP contribution is 2.16. The molecule has 0 aliphatic carbocycles. The Morgan fingerprint density at radius 1 is 0.575 bits per heavy atom. The minimum Gasteiger partial charge on any atom is -0.481 e. The quantitative estimate of drug-likeness (QED) is 0.0518. The molecule has 1 N–H and O–H groups in total. The Hall–Kier alpha value is -1.58. The Morgan fingerprint density at radius 2 is 1.05 bits per heavy atom. The molecule has 0 rings (SSSR count). The molecule has 0 spiro atoms. The fourth-order valence-corrected chi connectivity index (χ4v) is 5.08. The number of rotatable bonds is 31. The predicted octanol–water partition coefficient (Wildman–Crippen LogP) is 11.7. The van der Waals surface area contributed by atoms with Crippen LogP contribution in [0.2, 0.25) is 0 Å². The van der Waals surface area contributed by atoms with Gasteiger partial charge in [-0.3, -0.25) is 9.59 Å². The molecule has 0 fully saturated rings. The molecule has 0 aliphatic heterocycles. The van der Waals surface area contributed by atoms with Crippen molar-refractivity contribution >= 4 is 11.9 Å². The lowest BCUT2D eigenvalue weighted by molar-refractivity contribution is -0.147. The summed E-state index contributed by atoms with van der Waals surface area (Å²) in [6.45, 7) is 4.45. The van der Waals surface area contributed by atoms with Crippen LogP contribution >= 0.6 is 0 Å². The molecular formula is C36H66O4. The predicted molar refractivity (Wildman–Crippen MR) is 172 cm³/mol. The zero-order valence-electron chi connectivity index (χ0n) is 26.7. The molecule has 0 amide bonds. The number of carboxylic acid groups (broad SMARTS) is 1. The molecule has 0 saturated carbocycles. The molecule has 0 aromatic heterocycles. The van der Waals surface area contributed by atoms with E-state index in [0.717, 1.165) is 64.2 Å². The Kier molecular flexibility index (Phi) is 30.7. The number of hydrogen-bond acceptors (Lipinski definition) is 3. The van der Waals surface area contributed by atoms with Crippen molar-refractivity contribution in [1.82, 2.24) is 0 Å². The molecule has 1 atom stereocenters. The van der Waals surface area contributed by atoms with Gasteiger partial charge in [-0.1, -0.05) is 154 Å². The average Bonchev–Trinajstić information content (AvgIpc) is 2.93. The maximum Gasteiger partial charge on any atom is 0.306 e. The molecule has 0 aromatic carbocycles. The summed E-state index contributed by atoms with van der Waals surface area (Å²) < 4.78 is 5.81. The summed E-state index contributed by atoms with van der Waals surface area (Å²) in [6, 6.07) is 0. The topological polar surface area (TPSA) is 63.6 Å². The van der Waals surface area contributed by atoms with Gasteiger partial charge in [0.15, 0.2) is 0 Å². The third-order valence-corrected chi connectivity index (χ3v) is 7.64. The number of ether oxygens (including phenoxy) is 1. The van der Waals surface area contributed by atoms with Crippen LogP contribution in [0.4, 0.5) is 0 Å². The number of carbonyl (C=O) groups excluding carboxylic acids is 1. The molecule has 0 aromatic rings. The zero-order valence-corrected chi connectivity index (χ0v) is 26.7. The second-order valence-electron chi connectivity index (χ2n) is 11.7. The van der Waals surface area contributed by atoms with Crippen LogP contribution < -0.4 is 0 Å². The van der Waals surface area contributed by atoms with E-state index in [1.807, 2.05) is 6.08 Å². The summed E-state index contributed by atoms with van der Waals surface area (Å²) in [5.74, 6) is -0.807. The standard InChI is InChI=1S/C36H66O4/c1-3-5-7-9-11-12-13-14-15-16-17-18-19-20-21-23-29-33-36(39)40-34(30-26-22-10-8-6-4-2)31-27-24-25-28-32-35(37)38/h8,10,26,30,34H,3-7,9,11-25,27-29,31-33H2,1-2H3,(H,37,38)/b10-8-,30-26-. The van der Waals surface area contributed by atoms with E-state index in [9.17, 15) is 9.59 Å². The largest absolute Gasteiger partial charge is 0.481 e. The average molecular weight is 563 g/mol. The lowest BCUT2D eigenvalue weighted by atomic mass is 10.0. The summed E-state index contributed by atoms with van der Waals surface area (Å²) >= 11 is 0. The van der Waals surface area contributed by atoms with E-state index >= 15 is 0 Å².